The number of aromatic amines is 1. The third kappa shape index (κ3) is 2.15. The Morgan fingerprint density at radius 1 is 1.29 bits per heavy atom. The van der Waals surface area contributed by atoms with E-state index in [1.807, 2.05) is 18.3 Å². The van der Waals surface area contributed by atoms with Crippen molar-refractivity contribution in [1.29, 1.82) is 0 Å². The summed E-state index contributed by atoms with van der Waals surface area (Å²) in [5, 5.41) is 4.42. The minimum Gasteiger partial charge on any atom is -0.455 e. The monoisotopic (exact) mass is 280 g/mol. The molecule has 0 bridgehead atoms. The molecule has 5 heteroatoms. The Kier molecular flexibility index (Phi) is 2.86. The second kappa shape index (κ2) is 4.86. The van der Waals surface area contributed by atoms with E-state index in [1.165, 1.54) is 5.56 Å². The van der Waals surface area contributed by atoms with Gasteiger partial charge in [-0.1, -0.05) is 0 Å². The van der Waals surface area contributed by atoms with Crippen molar-refractivity contribution in [2.75, 3.05) is 6.54 Å². The summed E-state index contributed by atoms with van der Waals surface area (Å²) < 4.78 is 6.01. The molecule has 0 fully saturated rings. The molecule has 1 atom stereocenters. The summed E-state index contributed by atoms with van der Waals surface area (Å²) >= 11 is 0. The Balaban J connectivity index is 1.71. The van der Waals surface area contributed by atoms with Crippen LogP contribution in [0.15, 0.2) is 36.8 Å². The van der Waals surface area contributed by atoms with Crippen LogP contribution in [0.1, 0.15) is 24.2 Å². The van der Waals surface area contributed by atoms with Crippen LogP contribution in [0.25, 0.3) is 11.0 Å². The third-order valence-corrected chi connectivity index (χ3v) is 3.91. The van der Waals surface area contributed by atoms with Crippen LogP contribution in [0.3, 0.4) is 0 Å². The fourth-order valence-electron chi connectivity index (χ4n) is 2.80. The minimum absolute atomic E-state index is 0.314. The Labute approximate surface area is 122 Å². The first-order chi connectivity index (χ1) is 10.3. The highest BCUT2D eigenvalue weighted by Crippen LogP contribution is 2.31. The molecule has 0 saturated heterocycles. The van der Waals surface area contributed by atoms with Crippen molar-refractivity contribution in [2.45, 2.75) is 19.4 Å². The number of hydrogen-bond acceptors (Lipinski definition) is 4. The van der Waals surface area contributed by atoms with Crippen LogP contribution in [0.4, 0.5) is 0 Å². The Hall–Kier alpha value is -2.40. The maximum atomic E-state index is 6.01. The molecule has 0 spiro atoms. The largest absolute Gasteiger partial charge is 0.455 e. The molecular formula is C16H16N4O. The minimum atomic E-state index is 0.314. The molecule has 21 heavy (non-hydrogen) atoms. The number of hydrogen-bond donors (Lipinski definition) is 2. The maximum absolute atomic E-state index is 6.01. The molecule has 0 aliphatic carbocycles. The zero-order valence-corrected chi connectivity index (χ0v) is 11.8. The van der Waals surface area contributed by atoms with Gasteiger partial charge in [-0.3, -0.25) is 4.98 Å². The number of fused-ring (bicyclic) bond motifs is 2. The zero-order valence-electron chi connectivity index (χ0n) is 11.8. The summed E-state index contributed by atoms with van der Waals surface area (Å²) in [5.74, 6) is 1.55. The molecule has 2 N–H and O–H groups in total. The van der Waals surface area contributed by atoms with E-state index in [2.05, 4.69) is 33.3 Å². The number of nitrogens with one attached hydrogen (secondary N) is 2. The van der Waals surface area contributed by atoms with Crippen molar-refractivity contribution in [1.82, 2.24) is 20.3 Å². The van der Waals surface area contributed by atoms with Crippen LogP contribution in [-0.2, 0) is 6.42 Å². The number of pyridine rings is 2. The molecule has 1 unspecified atom stereocenters. The molecule has 106 valence electrons. The Morgan fingerprint density at radius 3 is 3.19 bits per heavy atom. The summed E-state index contributed by atoms with van der Waals surface area (Å²) in [4.78, 5) is 11.9. The molecule has 4 heterocycles. The summed E-state index contributed by atoms with van der Waals surface area (Å²) in [6.45, 7) is 3.13. The lowest BCUT2D eigenvalue weighted by molar-refractivity contribution is 0.475. The first kappa shape index (κ1) is 12.3. The average Bonchev–Trinajstić information content (AvgIpc) is 2.98. The van der Waals surface area contributed by atoms with E-state index in [4.69, 9.17) is 4.74 Å². The van der Waals surface area contributed by atoms with Crippen LogP contribution in [0.2, 0.25) is 0 Å². The number of rotatable bonds is 2. The lowest BCUT2D eigenvalue weighted by Gasteiger charge is -2.23. The lowest BCUT2D eigenvalue weighted by atomic mass is 10.0. The van der Waals surface area contributed by atoms with Crippen LogP contribution in [0.5, 0.6) is 11.5 Å². The molecule has 1 aliphatic heterocycles. The second-order valence-electron chi connectivity index (χ2n) is 5.28. The number of aromatic nitrogens is 3. The van der Waals surface area contributed by atoms with Gasteiger partial charge in [-0.05, 0) is 30.7 Å². The van der Waals surface area contributed by atoms with E-state index >= 15 is 0 Å². The third-order valence-electron chi connectivity index (χ3n) is 3.91. The van der Waals surface area contributed by atoms with Gasteiger partial charge in [0.25, 0.3) is 0 Å². The van der Waals surface area contributed by atoms with Crippen LogP contribution in [-0.4, -0.2) is 21.5 Å². The summed E-state index contributed by atoms with van der Waals surface area (Å²) in [5.41, 5.74) is 3.21. The molecule has 3 aromatic heterocycles. The Morgan fingerprint density at radius 2 is 2.24 bits per heavy atom. The van der Waals surface area contributed by atoms with Crippen molar-refractivity contribution < 1.29 is 4.74 Å². The maximum Gasteiger partial charge on any atom is 0.146 e. The van der Waals surface area contributed by atoms with E-state index in [1.54, 1.807) is 12.4 Å². The highest BCUT2D eigenvalue weighted by atomic mass is 16.5. The topological polar surface area (TPSA) is 62.8 Å². The van der Waals surface area contributed by atoms with Gasteiger partial charge in [-0.15, -0.1) is 0 Å². The summed E-state index contributed by atoms with van der Waals surface area (Å²) in [7, 11) is 0. The molecule has 0 radical (unpaired) electrons. The highest BCUT2D eigenvalue weighted by molar-refractivity contribution is 5.82. The first-order valence-corrected chi connectivity index (χ1v) is 7.13. The van der Waals surface area contributed by atoms with E-state index in [0.29, 0.717) is 6.04 Å². The van der Waals surface area contributed by atoms with Crippen LogP contribution < -0.4 is 10.1 Å². The fraction of sp³-hybridized carbons (Fsp3) is 0.250. The predicted octanol–water partition coefficient (Wildman–Crippen LogP) is 2.96. The Bertz CT molecular complexity index is 796. The van der Waals surface area contributed by atoms with E-state index in [0.717, 1.165) is 41.2 Å². The van der Waals surface area contributed by atoms with E-state index in [9.17, 15) is 0 Å². The van der Waals surface area contributed by atoms with Gasteiger partial charge < -0.3 is 15.0 Å². The first-order valence-electron chi connectivity index (χ1n) is 7.13. The van der Waals surface area contributed by atoms with Crippen molar-refractivity contribution in [3.63, 3.8) is 0 Å². The molecule has 0 amide bonds. The molecular weight excluding hydrogens is 264 g/mol. The summed E-state index contributed by atoms with van der Waals surface area (Å²) in [6, 6.07) is 6.23. The number of nitrogens with zero attached hydrogens (tertiary/aromatic N) is 2. The lowest BCUT2D eigenvalue weighted by Crippen LogP contribution is -2.28. The average molecular weight is 280 g/mol. The predicted molar refractivity (Wildman–Crippen MR) is 80.5 cm³/mol. The molecule has 5 nitrogen and oxygen atoms in total. The molecule has 3 aromatic rings. The van der Waals surface area contributed by atoms with Gasteiger partial charge in [0.2, 0.25) is 0 Å². The quantitative estimate of drug-likeness (QED) is 0.757. The van der Waals surface area contributed by atoms with Gasteiger partial charge in [0, 0.05) is 37.1 Å². The van der Waals surface area contributed by atoms with Crippen molar-refractivity contribution >= 4 is 11.0 Å². The normalized spacial score (nSPS) is 17.7. The molecule has 0 saturated carbocycles. The van der Waals surface area contributed by atoms with Crippen molar-refractivity contribution in [2.24, 2.45) is 0 Å². The van der Waals surface area contributed by atoms with Gasteiger partial charge in [0.1, 0.15) is 17.1 Å². The number of ether oxygens (including phenoxy) is 1. The standard InChI is InChI=1S/C16H16N4O/c1-10-13-8-11(9-20-14(13)3-6-17-10)21-15-4-7-19-16-12(15)2-5-18-16/h2,4-5,7-10,17H,3,6H2,1H3,(H,18,19). The van der Waals surface area contributed by atoms with E-state index in [-0.39, 0.29) is 0 Å². The van der Waals surface area contributed by atoms with Crippen LogP contribution in [0, 0.1) is 0 Å². The van der Waals surface area contributed by atoms with E-state index < -0.39 is 0 Å². The molecule has 1 aliphatic rings. The van der Waals surface area contributed by atoms with Crippen LogP contribution >= 0.6 is 0 Å². The summed E-state index contributed by atoms with van der Waals surface area (Å²) in [6.07, 6.45) is 6.37. The smallest absolute Gasteiger partial charge is 0.146 e. The van der Waals surface area contributed by atoms with Crippen molar-refractivity contribution in [3.8, 4) is 11.5 Å². The molecule has 4 rings (SSSR count). The molecule has 0 aromatic carbocycles. The van der Waals surface area contributed by atoms with Crippen molar-refractivity contribution in [3.05, 3.63) is 48.0 Å². The second-order valence-corrected chi connectivity index (χ2v) is 5.28. The van der Waals surface area contributed by atoms with Gasteiger partial charge >= 0.3 is 0 Å². The van der Waals surface area contributed by atoms with Gasteiger partial charge in [-0.2, -0.15) is 0 Å². The van der Waals surface area contributed by atoms with Gasteiger partial charge in [0.05, 0.1) is 11.6 Å². The number of H-pyrrole nitrogens is 1. The van der Waals surface area contributed by atoms with Gasteiger partial charge in [0.15, 0.2) is 0 Å². The highest BCUT2D eigenvalue weighted by Gasteiger charge is 2.18. The SMILES string of the molecule is CC1NCCc2ncc(Oc3ccnc4[nH]ccc34)cc21. The fourth-order valence-corrected chi connectivity index (χ4v) is 2.80. The van der Waals surface area contributed by atoms with Gasteiger partial charge in [-0.25, -0.2) is 4.98 Å². The zero-order chi connectivity index (χ0) is 14.2.